The third-order valence-electron chi connectivity index (χ3n) is 2.31. The zero-order chi connectivity index (χ0) is 13.0. The Balaban J connectivity index is 2.15. The van der Waals surface area contributed by atoms with Crippen molar-refractivity contribution < 1.29 is 8.78 Å². The molecule has 0 radical (unpaired) electrons. The van der Waals surface area contributed by atoms with Crippen molar-refractivity contribution in [3.8, 4) is 0 Å². The monoisotopic (exact) mass is 247 g/mol. The van der Waals surface area contributed by atoms with Crippen molar-refractivity contribution in [1.82, 2.24) is 4.98 Å². The van der Waals surface area contributed by atoms with Gasteiger partial charge in [0.15, 0.2) is 5.82 Å². The molecule has 92 valence electrons. The highest BCUT2D eigenvalue weighted by atomic mass is 19.1. The fourth-order valence-electron chi connectivity index (χ4n) is 1.36. The fourth-order valence-corrected chi connectivity index (χ4v) is 1.36. The summed E-state index contributed by atoms with van der Waals surface area (Å²) in [5, 5.41) is 4.00. The standard InChI is InChI=1S/C13H11F2N3/c1-9(12-4-2-3-7-16-12)17-18-13-6-5-10(14)8-11(13)15/h2-8,18H,1H3. The van der Waals surface area contributed by atoms with E-state index in [1.807, 2.05) is 6.07 Å². The minimum Gasteiger partial charge on any atom is -0.275 e. The van der Waals surface area contributed by atoms with Crippen LogP contribution < -0.4 is 5.43 Å². The summed E-state index contributed by atoms with van der Waals surface area (Å²) in [7, 11) is 0. The molecule has 1 aromatic heterocycles. The Labute approximate surface area is 103 Å². The predicted molar refractivity (Wildman–Crippen MR) is 66.4 cm³/mol. The van der Waals surface area contributed by atoms with E-state index in [9.17, 15) is 8.78 Å². The third kappa shape index (κ3) is 2.88. The average molecular weight is 247 g/mol. The molecule has 0 saturated heterocycles. The van der Waals surface area contributed by atoms with Gasteiger partial charge in [-0.2, -0.15) is 5.10 Å². The molecule has 0 spiro atoms. The van der Waals surface area contributed by atoms with Gasteiger partial charge >= 0.3 is 0 Å². The van der Waals surface area contributed by atoms with E-state index >= 15 is 0 Å². The van der Waals surface area contributed by atoms with E-state index in [1.165, 1.54) is 6.07 Å². The smallest absolute Gasteiger partial charge is 0.151 e. The molecule has 5 heteroatoms. The van der Waals surface area contributed by atoms with Gasteiger partial charge < -0.3 is 0 Å². The molecular formula is C13H11F2N3. The lowest BCUT2D eigenvalue weighted by atomic mass is 10.2. The molecule has 2 aromatic rings. The average Bonchev–Trinajstić information content (AvgIpc) is 2.38. The van der Waals surface area contributed by atoms with Crippen molar-refractivity contribution in [2.75, 3.05) is 5.43 Å². The van der Waals surface area contributed by atoms with Crippen LogP contribution in [0.2, 0.25) is 0 Å². The fraction of sp³-hybridized carbons (Fsp3) is 0.0769. The normalized spacial score (nSPS) is 11.4. The van der Waals surface area contributed by atoms with Gasteiger partial charge in [-0.05, 0) is 31.2 Å². The van der Waals surface area contributed by atoms with Gasteiger partial charge in [0.2, 0.25) is 0 Å². The lowest BCUT2D eigenvalue weighted by Crippen LogP contribution is -2.02. The largest absolute Gasteiger partial charge is 0.275 e. The topological polar surface area (TPSA) is 37.3 Å². The third-order valence-corrected chi connectivity index (χ3v) is 2.31. The Morgan fingerprint density at radius 3 is 2.72 bits per heavy atom. The molecule has 0 aliphatic heterocycles. The number of hydrogen-bond acceptors (Lipinski definition) is 3. The van der Waals surface area contributed by atoms with Crippen molar-refractivity contribution in [3.63, 3.8) is 0 Å². The van der Waals surface area contributed by atoms with Gasteiger partial charge in [-0.15, -0.1) is 0 Å². The maximum absolute atomic E-state index is 13.3. The van der Waals surface area contributed by atoms with E-state index in [4.69, 9.17) is 0 Å². The second-order valence-electron chi connectivity index (χ2n) is 3.65. The molecule has 0 aliphatic rings. The van der Waals surface area contributed by atoms with Gasteiger partial charge in [0.05, 0.1) is 17.1 Å². The SMILES string of the molecule is CC(=NNc1ccc(F)cc1F)c1ccccn1. The molecule has 0 amide bonds. The summed E-state index contributed by atoms with van der Waals surface area (Å²) in [5.74, 6) is -1.31. The molecule has 1 heterocycles. The Morgan fingerprint density at radius 1 is 1.22 bits per heavy atom. The van der Waals surface area contributed by atoms with Crippen LogP contribution in [0, 0.1) is 11.6 Å². The quantitative estimate of drug-likeness (QED) is 0.668. The molecular weight excluding hydrogens is 236 g/mol. The van der Waals surface area contributed by atoms with Crippen LogP contribution in [0.15, 0.2) is 47.7 Å². The van der Waals surface area contributed by atoms with E-state index in [0.717, 1.165) is 12.1 Å². The number of benzene rings is 1. The second kappa shape index (κ2) is 5.35. The summed E-state index contributed by atoms with van der Waals surface area (Å²) in [5.41, 5.74) is 3.96. The van der Waals surface area contributed by atoms with E-state index in [-0.39, 0.29) is 5.69 Å². The van der Waals surface area contributed by atoms with Crippen molar-refractivity contribution in [3.05, 3.63) is 59.9 Å². The van der Waals surface area contributed by atoms with Gasteiger partial charge in [0, 0.05) is 12.3 Å². The van der Waals surface area contributed by atoms with Gasteiger partial charge in [-0.25, -0.2) is 8.78 Å². The van der Waals surface area contributed by atoms with Crippen LogP contribution in [0.4, 0.5) is 14.5 Å². The lowest BCUT2D eigenvalue weighted by molar-refractivity contribution is 0.585. The number of rotatable bonds is 3. The van der Waals surface area contributed by atoms with Crippen molar-refractivity contribution in [2.45, 2.75) is 6.92 Å². The number of anilines is 1. The summed E-state index contributed by atoms with van der Waals surface area (Å²) in [6, 6.07) is 8.68. The molecule has 0 saturated carbocycles. The maximum atomic E-state index is 13.3. The van der Waals surface area contributed by atoms with Gasteiger partial charge in [-0.3, -0.25) is 10.4 Å². The number of hydrogen-bond donors (Lipinski definition) is 1. The van der Waals surface area contributed by atoms with Crippen molar-refractivity contribution in [1.29, 1.82) is 0 Å². The summed E-state index contributed by atoms with van der Waals surface area (Å²) >= 11 is 0. The molecule has 0 bridgehead atoms. The summed E-state index contributed by atoms with van der Waals surface area (Å²) in [6.45, 7) is 1.75. The first kappa shape index (κ1) is 12.2. The molecule has 0 fully saturated rings. The second-order valence-corrected chi connectivity index (χ2v) is 3.65. The molecule has 0 atom stereocenters. The minimum absolute atomic E-state index is 0.117. The summed E-state index contributed by atoms with van der Waals surface area (Å²) < 4.78 is 26.0. The first-order chi connectivity index (χ1) is 8.66. The van der Waals surface area contributed by atoms with Crippen LogP contribution in [-0.2, 0) is 0 Å². The highest BCUT2D eigenvalue weighted by Gasteiger charge is 2.03. The van der Waals surface area contributed by atoms with E-state index in [2.05, 4.69) is 15.5 Å². The number of aromatic nitrogens is 1. The van der Waals surface area contributed by atoms with E-state index < -0.39 is 11.6 Å². The molecule has 2 rings (SSSR count). The molecule has 0 unspecified atom stereocenters. The Kier molecular flexibility index (Phi) is 3.62. The zero-order valence-electron chi connectivity index (χ0n) is 9.69. The number of nitrogens with zero attached hydrogens (tertiary/aromatic N) is 2. The van der Waals surface area contributed by atoms with Crippen LogP contribution in [0.25, 0.3) is 0 Å². The Hall–Kier alpha value is -2.30. The summed E-state index contributed by atoms with van der Waals surface area (Å²) in [4.78, 5) is 4.10. The van der Waals surface area contributed by atoms with Crippen LogP contribution in [-0.4, -0.2) is 10.7 Å². The molecule has 18 heavy (non-hydrogen) atoms. The zero-order valence-corrected chi connectivity index (χ0v) is 9.69. The summed E-state index contributed by atoms with van der Waals surface area (Å²) in [6.07, 6.45) is 1.65. The first-order valence-corrected chi connectivity index (χ1v) is 5.33. The first-order valence-electron chi connectivity index (χ1n) is 5.33. The number of nitrogens with one attached hydrogen (secondary N) is 1. The minimum atomic E-state index is -0.687. The van der Waals surface area contributed by atoms with Crippen molar-refractivity contribution in [2.24, 2.45) is 5.10 Å². The van der Waals surface area contributed by atoms with Crippen LogP contribution >= 0.6 is 0 Å². The highest BCUT2D eigenvalue weighted by molar-refractivity contribution is 5.97. The van der Waals surface area contributed by atoms with Gasteiger partial charge in [0.1, 0.15) is 5.82 Å². The molecule has 0 aliphatic carbocycles. The molecule has 1 aromatic carbocycles. The van der Waals surface area contributed by atoms with Crippen LogP contribution in [0.1, 0.15) is 12.6 Å². The van der Waals surface area contributed by atoms with E-state index in [1.54, 1.807) is 25.3 Å². The predicted octanol–water partition coefficient (Wildman–Crippen LogP) is 3.20. The Bertz CT molecular complexity index is 568. The number of hydrazone groups is 1. The van der Waals surface area contributed by atoms with Gasteiger partial charge in [0.25, 0.3) is 0 Å². The van der Waals surface area contributed by atoms with Crippen LogP contribution in [0.3, 0.4) is 0 Å². The molecule has 3 nitrogen and oxygen atoms in total. The van der Waals surface area contributed by atoms with Gasteiger partial charge in [-0.1, -0.05) is 6.07 Å². The Morgan fingerprint density at radius 2 is 2.06 bits per heavy atom. The van der Waals surface area contributed by atoms with Crippen LogP contribution in [0.5, 0.6) is 0 Å². The van der Waals surface area contributed by atoms with Crippen molar-refractivity contribution >= 4 is 11.4 Å². The van der Waals surface area contributed by atoms with E-state index in [0.29, 0.717) is 11.4 Å². The number of pyridine rings is 1. The lowest BCUT2D eigenvalue weighted by Gasteiger charge is -2.04. The maximum Gasteiger partial charge on any atom is 0.151 e. The highest BCUT2D eigenvalue weighted by Crippen LogP contribution is 2.14. The number of halogens is 2. The molecule has 1 N–H and O–H groups in total.